The normalized spacial score (nSPS) is 12.1. The minimum atomic E-state index is -0.800. The lowest BCUT2D eigenvalue weighted by Crippen LogP contribution is -2.22. The van der Waals surface area contributed by atoms with E-state index in [9.17, 15) is 4.79 Å². The van der Waals surface area contributed by atoms with Gasteiger partial charge in [-0.05, 0) is 5.56 Å². The van der Waals surface area contributed by atoms with Crippen LogP contribution in [0, 0.1) is 0 Å². The third-order valence-corrected chi connectivity index (χ3v) is 1.63. The van der Waals surface area contributed by atoms with Gasteiger partial charge in [0.25, 0.3) is 0 Å². The number of carbonyl (C=O) groups is 1. The minimum Gasteiger partial charge on any atom is -0.448 e. The average molecular weight is 180 g/mol. The van der Waals surface area contributed by atoms with Gasteiger partial charge in [0, 0.05) is 0 Å². The van der Waals surface area contributed by atoms with Crippen molar-refractivity contribution in [2.24, 2.45) is 11.5 Å². The van der Waals surface area contributed by atoms with Gasteiger partial charge in [0.2, 0.25) is 0 Å². The first-order chi connectivity index (χ1) is 6.20. The third-order valence-electron chi connectivity index (χ3n) is 1.63. The molecule has 0 radical (unpaired) electrons. The summed E-state index contributed by atoms with van der Waals surface area (Å²) in [5.41, 5.74) is 11.4. The Morgan fingerprint density at radius 2 is 2.00 bits per heavy atom. The van der Waals surface area contributed by atoms with E-state index in [4.69, 9.17) is 11.5 Å². The summed E-state index contributed by atoms with van der Waals surface area (Å²) in [6.07, 6.45) is -0.800. The smallest absolute Gasteiger partial charge is 0.404 e. The lowest BCUT2D eigenvalue weighted by molar-refractivity contribution is 0.149. The molecule has 0 spiro atoms. The number of hydrogen-bond donors (Lipinski definition) is 2. The second-order valence-electron chi connectivity index (χ2n) is 2.65. The van der Waals surface area contributed by atoms with Gasteiger partial charge in [-0.25, -0.2) is 4.79 Å². The first-order valence-electron chi connectivity index (χ1n) is 3.93. The van der Waals surface area contributed by atoms with Crippen LogP contribution in [-0.2, 0) is 4.74 Å². The minimum absolute atomic E-state index is 0.110. The summed E-state index contributed by atoms with van der Waals surface area (Å²) in [6, 6.07) is 9.07. The number of carbonyl (C=O) groups excluding carboxylic acids is 1. The van der Waals surface area contributed by atoms with E-state index in [1.54, 1.807) is 0 Å². The molecule has 0 aliphatic carbocycles. The fraction of sp³-hybridized carbons (Fsp3) is 0.222. The molecular weight excluding hydrogens is 168 g/mol. The maximum atomic E-state index is 10.3. The molecule has 1 unspecified atom stereocenters. The largest absolute Gasteiger partial charge is 0.448 e. The maximum absolute atomic E-state index is 10.3. The van der Waals surface area contributed by atoms with Gasteiger partial charge in [0.05, 0.1) is 6.04 Å². The molecule has 0 heterocycles. The first kappa shape index (κ1) is 9.54. The van der Waals surface area contributed by atoms with Crippen molar-refractivity contribution in [2.45, 2.75) is 6.04 Å². The molecule has 4 nitrogen and oxygen atoms in total. The molecule has 1 aromatic rings. The number of rotatable bonds is 3. The lowest BCUT2D eigenvalue weighted by atomic mass is 10.1. The van der Waals surface area contributed by atoms with Crippen LogP contribution in [0.2, 0.25) is 0 Å². The Morgan fingerprint density at radius 3 is 2.54 bits per heavy atom. The molecular formula is C9H12N2O2. The van der Waals surface area contributed by atoms with Crippen molar-refractivity contribution in [1.29, 1.82) is 0 Å². The van der Waals surface area contributed by atoms with Gasteiger partial charge in [0.1, 0.15) is 6.61 Å². The summed E-state index contributed by atoms with van der Waals surface area (Å²) in [6.45, 7) is 0.110. The van der Waals surface area contributed by atoms with E-state index in [2.05, 4.69) is 4.74 Å². The van der Waals surface area contributed by atoms with Crippen LogP contribution in [0.5, 0.6) is 0 Å². The van der Waals surface area contributed by atoms with Crippen molar-refractivity contribution < 1.29 is 9.53 Å². The zero-order valence-electron chi connectivity index (χ0n) is 7.14. The molecule has 0 saturated heterocycles. The van der Waals surface area contributed by atoms with Gasteiger partial charge < -0.3 is 16.2 Å². The number of nitrogens with two attached hydrogens (primary N) is 2. The number of amides is 1. The average Bonchev–Trinajstić information content (AvgIpc) is 2.15. The Kier molecular flexibility index (Phi) is 3.28. The fourth-order valence-corrected chi connectivity index (χ4v) is 0.968. The summed E-state index contributed by atoms with van der Waals surface area (Å²) in [4.78, 5) is 10.3. The summed E-state index contributed by atoms with van der Waals surface area (Å²) in [7, 11) is 0. The van der Waals surface area contributed by atoms with Crippen LogP contribution in [0.4, 0.5) is 4.79 Å². The molecule has 1 amide bonds. The third kappa shape index (κ3) is 3.13. The zero-order chi connectivity index (χ0) is 9.68. The van der Waals surface area contributed by atoms with Crippen LogP contribution < -0.4 is 11.5 Å². The lowest BCUT2D eigenvalue weighted by Gasteiger charge is -2.10. The fourth-order valence-electron chi connectivity index (χ4n) is 0.968. The highest BCUT2D eigenvalue weighted by atomic mass is 16.5. The van der Waals surface area contributed by atoms with Crippen LogP contribution in [0.15, 0.2) is 30.3 Å². The number of ether oxygens (including phenoxy) is 1. The van der Waals surface area contributed by atoms with Crippen LogP contribution in [0.3, 0.4) is 0 Å². The summed E-state index contributed by atoms with van der Waals surface area (Å²) < 4.78 is 4.57. The van der Waals surface area contributed by atoms with Gasteiger partial charge in [-0.2, -0.15) is 0 Å². The molecule has 70 valence electrons. The van der Waals surface area contributed by atoms with E-state index >= 15 is 0 Å². The Balaban J connectivity index is 2.49. The van der Waals surface area contributed by atoms with E-state index in [1.807, 2.05) is 30.3 Å². The Morgan fingerprint density at radius 1 is 1.38 bits per heavy atom. The molecule has 4 heteroatoms. The van der Waals surface area contributed by atoms with Crippen LogP contribution >= 0.6 is 0 Å². The van der Waals surface area contributed by atoms with E-state index in [0.29, 0.717) is 0 Å². The predicted octanol–water partition coefficient (Wildman–Crippen LogP) is 0.782. The maximum Gasteiger partial charge on any atom is 0.404 e. The van der Waals surface area contributed by atoms with Crippen molar-refractivity contribution >= 4 is 6.09 Å². The standard InChI is InChI=1S/C9H12N2O2/c10-8(6-13-9(11)12)7-4-2-1-3-5-7/h1-5,8H,6,10H2,(H2,11,12). The Hall–Kier alpha value is -1.55. The zero-order valence-corrected chi connectivity index (χ0v) is 7.14. The molecule has 0 fully saturated rings. The van der Waals surface area contributed by atoms with E-state index in [1.165, 1.54) is 0 Å². The molecule has 1 aromatic carbocycles. The molecule has 1 atom stereocenters. The summed E-state index contributed by atoms with van der Waals surface area (Å²) in [5.74, 6) is 0. The highest BCUT2D eigenvalue weighted by Gasteiger charge is 2.06. The molecule has 4 N–H and O–H groups in total. The van der Waals surface area contributed by atoms with Crippen LogP contribution in [0.25, 0.3) is 0 Å². The van der Waals surface area contributed by atoms with Crippen molar-refractivity contribution in [3.63, 3.8) is 0 Å². The quantitative estimate of drug-likeness (QED) is 0.721. The van der Waals surface area contributed by atoms with Crippen LogP contribution in [0.1, 0.15) is 11.6 Å². The summed E-state index contributed by atoms with van der Waals surface area (Å²) in [5, 5.41) is 0. The molecule has 0 bridgehead atoms. The number of benzene rings is 1. The van der Waals surface area contributed by atoms with Gasteiger partial charge in [-0.3, -0.25) is 0 Å². The van der Waals surface area contributed by atoms with E-state index < -0.39 is 6.09 Å². The Labute approximate surface area is 76.5 Å². The van der Waals surface area contributed by atoms with Crippen molar-refractivity contribution in [1.82, 2.24) is 0 Å². The van der Waals surface area contributed by atoms with Gasteiger partial charge in [-0.1, -0.05) is 30.3 Å². The molecule has 0 saturated carbocycles. The highest BCUT2D eigenvalue weighted by molar-refractivity contribution is 5.64. The molecule has 1 rings (SSSR count). The van der Waals surface area contributed by atoms with E-state index in [0.717, 1.165) is 5.56 Å². The highest BCUT2D eigenvalue weighted by Crippen LogP contribution is 2.08. The molecule has 13 heavy (non-hydrogen) atoms. The number of primary amides is 1. The Bertz CT molecular complexity index is 274. The van der Waals surface area contributed by atoms with Crippen molar-refractivity contribution in [2.75, 3.05) is 6.61 Å². The van der Waals surface area contributed by atoms with E-state index in [-0.39, 0.29) is 12.6 Å². The predicted molar refractivity (Wildman–Crippen MR) is 48.9 cm³/mol. The number of hydrogen-bond acceptors (Lipinski definition) is 3. The van der Waals surface area contributed by atoms with Crippen LogP contribution in [-0.4, -0.2) is 12.7 Å². The van der Waals surface area contributed by atoms with Crippen molar-refractivity contribution in [3.8, 4) is 0 Å². The first-order valence-corrected chi connectivity index (χ1v) is 3.93. The van der Waals surface area contributed by atoms with Gasteiger partial charge >= 0.3 is 6.09 Å². The van der Waals surface area contributed by atoms with Gasteiger partial charge in [0.15, 0.2) is 0 Å². The monoisotopic (exact) mass is 180 g/mol. The van der Waals surface area contributed by atoms with Gasteiger partial charge in [-0.15, -0.1) is 0 Å². The molecule has 0 aromatic heterocycles. The second-order valence-corrected chi connectivity index (χ2v) is 2.65. The topological polar surface area (TPSA) is 78.3 Å². The SMILES string of the molecule is NC(=O)OCC(N)c1ccccc1. The van der Waals surface area contributed by atoms with Crippen molar-refractivity contribution in [3.05, 3.63) is 35.9 Å². The summed E-state index contributed by atoms with van der Waals surface area (Å²) >= 11 is 0. The molecule has 0 aliphatic rings. The second kappa shape index (κ2) is 4.47. The molecule has 0 aliphatic heterocycles.